The highest BCUT2D eigenvalue weighted by molar-refractivity contribution is 5.40. The van der Waals surface area contributed by atoms with Crippen molar-refractivity contribution in [3.8, 4) is 11.5 Å². The Morgan fingerprint density at radius 3 is 1.96 bits per heavy atom. The first-order valence-electron chi connectivity index (χ1n) is 9.31. The summed E-state index contributed by atoms with van der Waals surface area (Å²) in [4.78, 5) is 5.06. The average molecular weight is 354 g/mol. The van der Waals surface area contributed by atoms with Gasteiger partial charge in [-0.05, 0) is 31.0 Å². The fourth-order valence-corrected chi connectivity index (χ4v) is 3.59. The first-order valence-corrected chi connectivity index (χ1v) is 9.31. The van der Waals surface area contributed by atoms with E-state index in [4.69, 9.17) is 9.47 Å². The summed E-state index contributed by atoms with van der Waals surface area (Å²) in [5.74, 6) is 1.74. The van der Waals surface area contributed by atoms with Crippen LogP contribution in [0.2, 0.25) is 0 Å². The molecular formula is C22H30N2O2. The van der Waals surface area contributed by atoms with E-state index in [1.54, 1.807) is 14.2 Å². The lowest BCUT2D eigenvalue weighted by Gasteiger charge is -2.35. The van der Waals surface area contributed by atoms with Gasteiger partial charge in [-0.2, -0.15) is 0 Å². The average Bonchev–Trinajstić information content (AvgIpc) is 2.66. The van der Waals surface area contributed by atoms with E-state index >= 15 is 0 Å². The molecule has 140 valence electrons. The predicted molar refractivity (Wildman–Crippen MR) is 106 cm³/mol. The molecule has 0 atom stereocenters. The highest BCUT2D eigenvalue weighted by Crippen LogP contribution is 2.26. The number of nitrogens with zero attached hydrogens (tertiary/aromatic N) is 2. The molecular weight excluding hydrogens is 324 g/mol. The van der Waals surface area contributed by atoms with Crippen molar-refractivity contribution in [2.45, 2.75) is 26.9 Å². The van der Waals surface area contributed by atoms with Crippen molar-refractivity contribution in [2.75, 3.05) is 40.4 Å². The summed E-state index contributed by atoms with van der Waals surface area (Å²) in [7, 11) is 3.41. The number of benzene rings is 2. The standard InChI is InChI=1S/C22H30N2O2/c1-17-5-6-19(18(2)13-17)15-23-9-11-24(12-10-23)16-20-7-8-21(25-3)14-22(20)26-4/h5-8,13-14H,9-12,15-16H2,1-4H3. The van der Waals surface area contributed by atoms with Crippen molar-refractivity contribution >= 4 is 0 Å². The van der Waals surface area contributed by atoms with Crippen molar-refractivity contribution < 1.29 is 9.47 Å². The molecule has 1 heterocycles. The molecule has 4 heteroatoms. The molecule has 0 unspecified atom stereocenters. The lowest BCUT2D eigenvalue weighted by Crippen LogP contribution is -2.45. The van der Waals surface area contributed by atoms with Crippen molar-refractivity contribution in [2.24, 2.45) is 0 Å². The Kier molecular flexibility index (Phi) is 6.17. The van der Waals surface area contributed by atoms with Gasteiger partial charge in [0, 0.05) is 50.9 Å². The zero-order chi connectivity index (χ0) is 18.5. The van der Waals surface area contributed by atoms with E-state index in [0.29, 0.717) is 0 Å². The van der Waals surface area contributed by atoms with E-state index in [1.165, 1.54) is 22.3 Å². The van der Waals surface area contributed by atoms with Gasteiger partial charge >= 0.3 is 0 Å². The van der Waals surface area contributed by atoms with Crippen LogP contribution in [0.1, 0.15) is 22.3 Å². The first kappa shape index (κ1) is 18.7. The van der Waals surface area contributed by atoms with Gasteiger partial charge in [0.2, 0.25) is 0 Å². The van der Waals surface area contributed by atoms with E-state index < -0.39 is 0 Å². The Hall–Kier alpha value is -2.04. The van der Waals surface area contributed by atoms with Crippen molar-refractivity contribution in [3.05, 3.63) is 58.7 Å². The van der Waals surface area contributed by atoms with Crippen molar-refractivity contribution in [1.82, 2.24) is 9.80 Å². The second kappa shape index (κ2) is 8.56. The molecule has 0 amide bonds. The summed E-state index contributed by atoms with van der Waals surface area (Å²) in [6.07, 6.45) is 0. The fraction of sp³-hybridized carbons (Fsp3) is 0.455. The third-order valence-corrected chi connectivity index (χ3v) is 5.25. The molecule has 0 saturated carbocycles. The van der Waals surface area contributed by atoms with Gasteiger partial charge in [0.05, 0.1) is 14.2 Å². The molecule has 2 aromatic rings. The fourth-order valence-electron chi connectivity index (χ4n) is 3.59. The summed E-state index contributed by atoms with van der Waals surface area (Å²) in [6, 6.07) is 12.9. The molecule has 2 aromatic carbocycles. The smallest absolute Gasteiger partial charge is 0.127 e. The third-order valence-electron chi connectivity index (χ3n) is 5.25. The number of piperazine rings is 1. The van der Waals surface area contributed by atoms with Crippen molar-refractivity contribution in [3.63, 3.8) is 0 Å². The van der Waals surface area contributed by atoms with Gasteiger partial charge in [0.15, 0.2) is 0 Å². The lowest BCUT2D eigenvalue weighted by molar-refractivity contribution is 0.121. The molecule has 1 saturated heterocycles. The Morgan fingerprint density at radius 2 is 1.38 bits per heavy atom. The molecule has 0 spiro atoms. The number of hydrogen-bond donors (Lipinski definition) is 0. The minimum Gasteiger partial charge on any atom is -0.497 e. The molecule has 1 aliphatic rings. The van der Waals surface area contributed by atoms with Crippen LogP contribution in [0.15, 0.2) is 36.4 Å². The van der Waals surface area contributed by atoms with Crippen LogP contribution in [0.3, 0.4) is 0 Å². The van der Waals surface area contributed by atoms with E-state index in [9.17, 15) is 0 Å². The van der Waals surface area contributed by atoms with Gasteiger partial charge in [-0.1, -0.05) is 29.8 Å². The largest absolute Gasteiger partial charge is 0.497 e. The molecule has 1 fully saturated rings. The Balaban J connectivity index is 1.55. The highest BCUT2D eigenvalue weighted by Gasteiger charge is 2.19. The van der Waals surface area contributed by atoms with Gasteiger partial charge in [-0.25, -0.2) is 0 Å². The van der Waals surface area contributed by atoms with E-state index in [2.05, 4.69) is 47.9 Å². The monoisotopic (exact) mass is 354 g/mol. The molecule has 26 heavy (non-hydrogen) atoms. The molecule has 0 aliphatic carbocycles. The van der Waals surface area contributed by atoms with Crippen LogP contribution in [-0.2, 0) is 13.1 Å². The Bertz CT molecular complexity index is 737. The van der Waals surface area contributed by atoms with Gasteiger partial charge in [-0.3, -0.25) is 9.80 Å². The van der Waals surface area contributed by atoms with Crippen molar-refractivity contribution in [1.29, 1.82) is 0 Å². The minimum absolute atomic E-state index is 0.837. The van der Waals surface area contributed by atoms with Gasteiger partial charge in [-0.15, -0.1) is 0 Å². The molecule has 0 radical (unpaired) electrons. The SMILES string of the molecule is COc1ccc(CN2CCN(Cc3ccc(C)cc3C)CC2)c(OC)c1. The zero-order valence-corrected chi connectivity index (χ0v) is 16.4. The summed E-state index contributed by atoms with van der Waals surface area (Å²) in [5, 5.41) is 0. The van der Waals surface area contributed by atoms with E-state index in [1.807, 2.05) is 12.1 Å². The second-order valence-electron chi connectivity index (χ2n) is 7.16. The zero-order valence-electron chi connectivity index (χ0n) is 16.4. The molecule has 3 rings (SSSR count). The van der Waals surface area contributed by atoms with E-state index in [-0.39, 0.29) is 0 Å². The first-order chi connectivity index (χ1) is 12.6. The number of rotatable bonds is 6. The van der Waals surface area contributed by atoms with Crippen LogP contribution in [0.4, 0.5) is 0 Å². The number of aryl methyl sites for hydroxylation is 2. The summed E-state index contributed by atoms with van der Waals surface area (Å²) in [5.41, 5.74) is 5.40. The number of ether oxygens (including phenoxy) is 2. The molecule has 0 bridgehead atoms. The maximum absolute atomic E-state index is 5.54. The third kappa shape index (κ3) is 4.57. The molecule has 4 nitrogen and oxygen atoms in total. The minimum atomic E-state index is 0.837. The summed E-state index contributed by atoms with van der Waals surface area (Å²) < 4.78 is 10.8. The van der Waals surface area contributed by atoms with Crippen LogP contribution in [0.5, 0.6) is 11.5 Å². The lowest BCUT2D eigenvalue weighted by atomic mass is 10.0. The summed E-state index contributed by atoms with van der Waals surface area (Å²) in [6.45, 7) is 10.7. The maximum atomic E-state index is 5.54. The quantitative estimate of drug-likeness (QED) is 0.791. The van der Waals surface area contributed by atoms with Gasteiger partial charge in [0.1, 0.15) is 11.5 Å². The maximum Gasteiger partial charge on any atom is 0.127 e. The molecule has 0 N–H and O–H groups in total. The molecule has 1 aliphatic heterocycles. The van der Waals surface area contributed by atoms with Crippen LogP contribution in [0.25, 0.3) is 0 Å². The Labute approximate surface area is 157 Å². The highest BCUT2D eigenvalue weighted by atomic mass is 16.5. The van der Waals surface area contributed by atoms with Gasteiger partial charge < -0.3 is 9.47 Å². The van der Waals surface area contributed by atoms with Crippen LogP contribution < -0.4 is 9.47 Å². The second-order valence-corrected chi connectivity index (χ2v) is 7.16. The molecule has 0 aromatic heterocycles. The van der Waals surface area contributed by atoms with Crippen LogP contribution >= 0.6 is 0 Å². The van der Waals surface area contributed by atoms with Gasteiger partial charge in [0.25, 0.3) is 0 Å². The summed E-state index contributed by atoms with van der Waals surface area (Å²) >= 11 is 0. The predicted octanol–water partition coefficient (Wildman–Crippen LogP) is 3.64. The Morgan fingerprint density at radius 1 is 0.769 bits per heavy atom. The van der Waals surface area contributed by atoms with Crippen LogP contribution in [0, 0.1) is 13.8 Å². The number of hydrogen-bond acceptors (Lipinski definition) is 4. The normalized spacial score (nSPS) is 15.8. The van der Waals surface area contributed by atoms with Crippen LogP contribution in [-0.4, -0.2) is 50.2 Å². The number of methoxy groups -OCH3 is 2. The van der Waals surface area contributed by atoms with E-state index in [0.717, 1.165) is 50.8 Å². The topological polar surface area (TPSA) is 24.9 Å².